The first kappa shape index (κ1) is 20.1. The van der Waals surface area contributed by atoms with Crippen molar-refractivity contribution >= 4 is 17.5 Å². The standard InChI is InChI=1S/C23H29N3O2/c1-17(19-9-5-3-6-10-19)24-22(27)18(2)26-15-13-20(14-16-26)23(28)25-21-11-7-4-8-12-21/h3-12,17-18,20H,13-16H2,1-2H3,(H,24,27)(H,25,28)/t17-,18+/m1/s1. The molecule has 28 heavy (non-hydrogen) atoms. The smallest absolute Gasteiger partial charge is 0.237 e. The van der Waals surface area contributed by atoms with Crippen LogP contribution in [0.2, 0.25) is 0 Å². The molecule has 1 aliphatic rings. The van der Waals surface area contributed by atoms with Gasteiger partial charge in [-0.15, -0.1) is 0 Å². The molecule has 0 spiro atoms. The van der Waals surface area contributed by atoms with Crippen LogP contribution < -0.4 is 10.6 Å². The number of piperidine rings is 1. The van der Waals surface area contributed by atoms with Gasteiger partial charge in [0, 0.05) is 11.6 Å². The van der Waals surface area contributed by atoms with Crippen LogP contribution in [-0.4, -0.2) is 35.8 Å². The minimum atomic E-state index is -0.204. The number of carbonyl (C=O) groups is 2. The molecule has 1 heterocycles. The van der Waals surface area contributed by atoms with Crippen LogP contribution in [-0.2, 0) is 9.59 Å². The molecule has 0 unspecified atom stereocenters. The van der Waals surface area contributed by atoms with Crippen LogP contribution in [0.15, 0.2) is 60.7 Å². The average Bonchev–Trinajstić information content (AvgIpc) is 2.74. The van der Waals surface area contributed by atoms with E-state index in [-0.39, 0.29) is 29.8 Å². The van der Waals surface area contributed by atoms with Crippen LogP contribution in [0, 0.1) is 5.92 Å². The summed E-state index contributed by atoms with van der Waals surface area (Å²) in [6, 6.07) is 19.3. The maximum absolute atomic E-state index is 12.7. The summed E-state index contributed by atoms with van der Waals surface area (Å²) >= 11 is 0. The van der Waals surface area contributed by atoms with Crippen molar-refractivity contribution in [2.24, 2.45) is 5.92 Å². The van der Waals surface area contributed by atoms with Crippen LogP contribution in [0.3, 0.4) is 0 Å². The lowest BCUT2D eigenvalue weighted by Gasteiger charge is -2.35. The van der Waals surface area contributed by atoms with E-state index < -0.39 is 0 Å². The number of benzene rings is 2. The van der Waals surface area contributed by atoms with Crippen LogP contribution >= 0.6 is 0 Å². The summed E-state index contributed by atoms with van der Waals surface area (Å²) in [7, 11) is 0. The Labute approximate surface area is 167 Å². The van der Waals surface area contributed by atoms with Gasteiger partial charge in [0.1, 0.15) is 0 Å². The fraction of sp³-hybridized carbons (Fsp3) is 0.391. The molecule has 0 aliphatic carbocycles. The van der Waals surface area contributed by atoms with Crippen molar-refractivity contribution in [2.45, 2.75) is 38.8 Å². The van der Waals surface area contributed by atoms with Crippen LogP contribution in [0.1, 0.15) is 38.3 Å². The highest BCUT2D eigenvalue weighted by atomic mass is 16.2. The van der Waals surface area contributed by atoms with E-state index >= 15 is 0 Å². The molecule has 0 saturated carbocycles. The zero-order chi connectivity index (χ0) is 19.9. The molecule has 1 aliphatic heterocycles. The van der Waals surface area contributed by atoms with Gasteiger partial charge in [0.05, 0.1) is 12.1 Å². The van der Waals surface area contributed by atoms with Gasteiger partial charge < -0.3 is 10.6 Å². The third-order valence-corrected chi connectivity index (χ3v) is 5.53. The van der Waals surface area contributed by atoms with Crippen LogP contribution in [0.25, 0.3) is 0 Å². The lowest BCUT2D eigenvalue weighted by atomic mass is 9.94. The highest BCUT2D eigenvalue weighted by molar-refractivity contribution is 5.92. The van der Waals surface area contributed by atoms with Gasteiger partial charge in [0.2, 0.25) is 11.8 Å². The zero-order valence-electron chi connectivity index (χ0n) is 16.6. The molecular formula is C23H29N3O2. The minimum Gasteiger partial charge on any atom is -0.348 e. The van der Waals surface area contributed by atoms with Crippen molar-refractivity contribution in [3.8, 4) is 0 Å². The Bertz CT molecular complexity index is 771. The molecule has 1 saturated heterocycles. The summed E-state index contributed by atoms with van der Waals surface area (Å²) in [5, 5.41) is 6.09. The summed E-state index contributed by atoms with van der Waals surface area (Å²) in [5.74, 6) is 0.0964. The Morgan fingerprint density at radius 1 is 0.929 bits per heavy atom. The first-order chi connectivity index (χ1) is 13.5. The molecule has 148 valence electrons. The molecule has 2 N–H and O–H groups in total. The van der Waals surface area contributed by atoms with Crippen LogP contribution in [0.4, 0.5) is 5.69 Å². The topological polar surface area (TPSA) is 61.4 Å². The Morgan fingerprint density at radius 2 is 1.50 bits per heavy atom. The summed E-state index contributed by atoms with van der Waals surface area (Å²) in [6.45, 7) is 5.44. The number of nitrogens with one attached hydrogen (secondary N) is 2. The third kappa shape index (κ3) is 5.20. The summed E-state index contributed by atoms with van der Waals surface area (Å²) in [4.78, 5) is 27.3. The number of amides is 2. The van der Waals surface area contributed by atoms with Crippen molar-refractivity contribution in [3.63, 3.8) is 0 Å². The second-order valence-corrected chi connectivity index (χ2v) is 7.48. The number of anilines is 1. The van der Waals surface area contributed by atoms with E-state index in [0.29, 0.717) is 0 Å². The molecule has 0 bridgehead atoms. The monoisotopic (exact) mass is 379 g/mol. The van der Waals surface area contributed by atoms with E-state index in [1.54, 1.807) is 0 Å². The van der Waals surface area contributed by atoms with Gasteiger partial charge in [-0.2, -0.15) is 0 Å². The van der Waals surface area contributed by atoms with Gasteiger partial charge in [-0.05, 0) is 57.5 Å². The predicted molar refractivity (Wildman–Crippen MR) is 112 cm³/mol. The maximum atomic E-state index is 12.7. The Balaban J connectivity index is 1.47. The molecule has 2 aromatic rings. The fourth-order valence-corrected chi connectivity index (χ4v) is 3.64. The molecule has 2 amide bonds. The number of hydrogen-bond donors (Lipinski definition) is 2. The van der Waals surface area contributed by atoms with E-state index in [0.717, 1.165) is 37.2 Å². The highest BCUT2D eigenvalue weighted by Crippen LogP contribution is 2.21. The van der Waals surface area contributed by atoms with E-state index in [9.17, 15) is 9.59 Å². The second-order valence-electron chi connectivity index (χ2n) is 7.48. The first-order valence-corrected chi connectivity index (χ1v) is 10.00. The second kappa shape index (κ2) is 9.51. The van der Waals surface area contributed by atoms with E-state index in [4.69, 9.17) is 0 Å². The molecule has 5 nitrogen and oxygen atoms in total. The van der Waals surface area contributed by atoms with Crippen molar-refractivity contribution in [1.82, 2.24) is 10.2 Å². The predicted octanol–water partition coefficient (Wildman–Crippen LogP) is 3.60. The van der Waals surface area contributed by atoms with Gasteiger partial charge in [-0.25, -0.2) is 0 Å². The van der Waals surface area contributed by atoms with Crippen molar-refractivity contribution < 1.29 is 9.59 Å². The number of carbonyl (C=O) groups excluding carboxylic acids is 2. The Hall–Kier alpha value is -2.66. The molecule has 0 radical (unpaired) electrons. The van der Waals surface area contributed by atoms with Crippen molar-refractivity contribution in [1.29, 1.82) is 0 Å². The number of para-hydroxylation sites is 1. The van der Waals surface area contributed by atoms with E-state index in [2.05, 4.69) is 15.5 Å². The average molecular weight is 380 g/mol. The van der Waals surface area contributed by atoms with Gasteiger partial charge in [0.25, 0.3) is 0 Å². The Kier molecular flexibility index (Phi) is 6.82. The molecule has 2 aromatic carbocycles. The first-order valence-electron chi connectivity index (χ1n) is 10.00. The van der Waals surface area contributed by atoms with Crippen molar-refractivity contribution in [3.05, 3.63) is 66.2 Å². The molecule has 5 heteroatoms. The fourth-order valence-electron chi connectivity index (χ4n) is 3.64. The lowest BCUT2D eigenvalue weighted by molar-refractivity contribution is -0.127. The van der Waals surface area contributed by atoms with Gasteiger partial charge >= 0.3 is 0 Å². The lowest BCUT2D eigenvalue weighted by Crippen LogP contribution is -2.49. The molecule has 2 atom stereocenters. The van der Waals surface area contributed by atoms with E-state index in [1.807, 2.05) is 74.5 Å². The van der Waals surface area contributed by atoms with Gasteiger partial charge in [-0.3, -0.25) is 14.5 Å². The minimum absolute atomic E-state index is 0.00467. The SMILES string of the molecule is C[C@@H](NC(=O)[C@H](C)N1CCC(C(=O)Nc2ccccc2)CC1)c1ccccc1. The van der Waals surface area contributed by atoms with E-state index in [1.165, 1.54) is 0 Å². The maximum Gasteiger partial charge on any atom is 0.237 e. The molecule has 0 aromatic heterocycles. The van der Waals surface area contributed by atoms with Crippen LogP contribution in [0.5, 0.6) is 0 Å². The number of nitrogens with zero attached hydrogens (tertiary/aromatic N) is 1. The summed E-state index contributed by atoms with van der Waals surface area (Å²) in [5.41, 5.74) is 1.93. The quantitative estimate of drug-likeness (QED) is 0.806. The largest absolute Gasteiger partial charge is 0.348 e. The van der Waals surface area contributed by atoms with Gasteiger partial charge in [0.15, 0.2) is 0 Å². The number of hydrogen-bond acceptors (Lipinski definition) is 3. The molecular weight excluding hydrogens is 350 g/mol. The van der Waals surface area contributed by atoms with Gasteiger partial charge in [-0.1, -0.05) is 48.5 Å². The zero-order valence-corrected chi connectivity index (χ0v) is 16.6. The molecule has 3 rings (SSSR count). The number of likely N-dealkylation sites (tertiary alicyclic amines) is 1. The Morgan fingerprint density at radius 3 is 2.11 bits per heavy atom. The highest BCUT2D eigenvalue weighted by Gasteiger charge is 2.30. The molecule has 1 fully saturated rings. The number of rotatable bonds is 6. The van der Waals surface area contributed by atoms with Crippen molar-refractivity contribution in [2.75, 3.05) is 18.4 Å². The summed E-state index contributed by atoms with van der Waals surface area (Å²) in [6.07, 6.45) is 1.54. The third-order valence-electron chi connectivity index (χ3n) is 5.53. The normalized spacial score (nSPS) is 17.5. The summed E-state index contributed by atoms with van der Waals surface area (Å²) < 4.78 is 0.